The quantitative estimate of drug-likeness (QED) is 0.0262. The molecule has 0 fully saturated rings. The van der Waals surface area contributed by atoms with Crippen LogP contribution in [0.15, 0.2) is 36.5 Å². The summed E-state index contributed by atoms with van der Waals surface area (Å²) in [6, 6.07) is 0. The average Bonchev–Trinajstić information content (AvgIpc) is 3.27. The average molecular weight is 871 g/mol. The zero-order valence-electron chi connectivity index (χ0n) is 41.4. The molecular formula is C56H102O6. The first kappa shape index (κ1) is 59.6. The van der Waals surface area contributed by atoms with Crippen molar-refractivity contribution in [3.05, 3.63) is 36.5 Å². The van der Waals surface area contributed by atoms with Crippen molar-refractivity contribution in [2.75, 3.05) is 13.2 Å². The Bertz CT molecular complexity index is 1050. The molecule has 0 rings (SSSR count). The van der Waals surface area contributed by atoms with Crippen molar-refractivity contribution in [2.24, 2.45) is 0 Å². The molecule has 0 aromatic rings. The molecule has 0 bridgehead atoms. The molecule has 0 heterocycles. The van der Waals surface area contributed by atoms with E-state index in [1.807, 2.05) is 0 Å². The number of carbonyl (C=O) groups is 3. The molecule has 6 nitrogen and oxygen atoms in total. The number of rotatable bonds is 49. The smallest absolute Gasteiger partial charge is 0.306 e. The van der Waals surface area contributed by atoms with Crippen LogP contribution >= 0.6 is 0 Å². The van der Waals surface area contributed by atoms with Crippen LogP contribution in [-0.4, -0.2) is 37.2 Å². The Morgan fingerprint density at radius 1 is 0.339 bits per heavy atom. The molecule has 0 aromatic heterocycles. The Hall–Kier alpha value is -2.37. The van der Waals surface area contributed by atoms with E-state index in [4.69, 9.17) is 14.2 Å². The highest BCUT2D eigenvalue weighted by Crippen LogP contribution is 2.17. The van der Waals surface area contributed by atoms with E-state index in [2.05, 4.69) is 57.2 Å². The summed E-state index contributed by atoms with van der Waals surface area (Å²) in [5.74, 6) is -0.871. The van der Waals surface area contributed by atoms with Crippen molar-refractivity contribution in [2.45, 2.75) is 290 Å². The zero-order valence-corrected chi connectivity index (χ0v) is 41.4. The highest BCUT2D eigenvalue weighted by atomic mass is 16.6. The predicted octanol–water partition coefficient (Wildman–Crippen LogP) is 17.7. The van der Waals surface area contributed by atoms with Crippen LogP contribution in [0.25, 0.3) is 0 Å². The van der Waals surface area contributed by atoms with E-state index in [9.17, 15) is 14.4 Å². The lowest BCUT2D eigenvalue weighted by Crippen LogP contribution is -2.30. The summed E-state index contributed by atoms with van der Waals surface area (Å²) in [5, 5.41) is 0. The van der Waals surface area contributed by atoms with Gasteiger partial charge in [-0.2, -0.15) is 0 Å². The van der Waals surface area contributed by atoms with Crippen molar-refractivity contribution in [1.82, 2.24) is 0 Å². The lowest BCUT2D eigenvalue weighted by atomic mass is 10.0. The molecule has 0 aromatic carbocycles. The van der Waals surface area contributed by atoms with Gasteiger partial charge in [0.05, 0.1) is 0 Å². The fraction of sp³-hybridized carbons (Fsp3) is 0.839. The topological polar surface area (TPSA) is 78.9 Å². The van der Waals surface area contributed by atoms with Crippen molar-refractivity contribution >= 4 is 17.9 Å². The second kappa shape index (κ2) is 51.3. The van der Waals surface area contributed by atoms with Gasteiger partial charge in [-0.3, -0.25) is 14.4 Å². The standard InChI is InChI=1S/C56H102O6/c1-4-7-10-13-16-19-22-24-26-27-28-30-31-34-37-40-43-46-49-55(58)61-52-53(51-60-54(57)48-45-42-39-36-33-21-18-15-12-9-6-3)62-56(59)50-47-44-41-38-35-32-29-25-23-20-17-14-11-8-5-2/h8,11,14,17,20,23,53H,4-7,9-10,12-13,15-16,18-19,21-22,24-52H2,1-3H3/b11-8-,17-14-,23-20-. The summed E-state index contributed by atoms with van der Waals surface area (Å²) in [6.45, 7) is 6.53. The van der Waals surface area contributed by atoms with Crippen LogP contribution in [-0.2, 0) is 28.6 Å². The van der Waals surface area contributed by atoms with Gasteiger partial charge >= 0.3 is 17.9 Å². The van der Waals surface area contributed by atoms with Gasteiger partial charge in [0.1, 0.15) is 13.2 Å². The molecule has 0 aliphatic carbocycles. The van der Waals surface area contributed by atoms with E-state index in [-0.39, 0.29) is 31.1 Å². The van der Waals surface area contributed by atoms with E-state index < -0.39 is 6.10 Å². The summed E-state index contributed by atoms with van der Waals surface area (Å²) in [6.07, 6.45) is 59.9. The normalized spacial score (nSPS) is 12.2. The minimum atomic E-state index is -0.773. The van der Waals surface area contributed by atoms with Crippen molar-refractivity contribution in [3.63, 3.8) is 0 Å². The summed E-state index contributed by atoms with van der Waals surface area (Å²) in [7, 11) is 0. The minimum Gasteiger partial charge on any atom is -0.462 e. The molecule has 1 atom stereocenters. The van der Waals surface area contributed by atoms with Crippen LogP contribution in [0.3, 0.4) is 0 Å². The molecule has 0 aliphatic rings. The summed E-state index contributed by atoms with van der Waals surface area (Å²) in [4.78, 5) is 38.0. The first-order chi connectivity index (χ1) is 30.5. The first-order valence-corrected chi connectivity index (χ1v) is 27.0. The molecule has 0 spiro atoms. The van der Waals surface area contributed by atoms with Crippen LogP contribution in [0.1, 0.15) is 284 Å². The molecule has 0 saturated carbocycles. The number of hydrogen-bond acceptors (Lipinski definition) is 6. The largest absolute Gasteiger partial charge is 0.462 e. The van der Waals surface area contributed by atoms with Crippen LogP contribution in [0.4, 0.5) is 0 Å². The monoisotopic (exact) mass is 871 g/mol. The number of ether oxygens (including phenoxy) is 3. The maximum Gasteiger partial charge on any atom is 0.306 e. The Labute approximate surface area is 385 Å². The van der Waals surface area contributed by atoms with Crippen LogP contribution in [0, 0.1) is 0 Å². The maximum atomic E-state index is 12.8. The second-order valence-electron chi connectivity index (χ2n) is 18.2. The molecular weight excluding hydrogens is 769 g/mol. The number of hydrogen-bond donors (Lipinski definition) is 0. The van der Waals surface area contributed by atoms with Crippen LogP contribution < -0.4 is 0 Å². The van der Waals surface area contributed by atoms with Crippen LogP contribution in [0.5, 0.6) is 0 Å². The molecule has 0 amide bonds. The van der Waals surface area contributed by atoms with Gasteiger partial charge in [0.15, 0.2) is 6.10 Å². The van der Waals surface area contributed by atoms with Gasteiger partial charge < -0.3 is 14.2 Å². The highest BCUT2D eigenvalue weighted by molar-refractivity contribution is 5.71. The molecule has 0 N–H and O–H groups in total. The Morgan fingerprint density at radius 2 is 0.629 bits per heavy atom. The fourth-order valence-corrected chi connectivity index (χ4v) is 7.91. The summed E-state index contributed by atoms with van der Waals surface area (Å²) >= 11 is 0. The highest BCUT2D eigenvalue weighted by Gasteiger charge is 2.19. The Kier molecular flexibility index (Phi) is 49.3. The minimum absolute atomic E-state index is 0.0727. The van der Waals surface area contributed by atoms with Crippen molar-refractivity contribution in [3.8, 4) is 0 Å². The summed E-state index contributed by atoms with van der Waals surface area (Å²) in [5.41, 5.74) is 0. The third kappa shape index (κ3) is 48.7. The molecule has 62 heavy (non-hydrogen) atoms. The number of carbonyl (C=O) groups excluding carboxylic acids is 3. The Balaban J connectivity index is 4.31. The van der Waals surface area contributed by atoms with Gasteiger partial charge in [-0.05, 0) is 38.5 Å². The molecule has 362 valence electrons. The third-order valence-corrected chi connectivity index (χ3v) is 12.0. The van der Waals surface area contributed by atoms with Crippen LogP contribution in [0.2, 0.25) is 0 Å². The Morgan fingerprint density at radius 3 is 0.968 bits per heavy atom. The molecule has 0 aliphatic heterocycles. The lowest BCUT2D eigenvalue weighted by Gasteiger charge is -2.18. The molecule has 0 saturated heterocycles. The van der Waals surface area contributed by atoms with Gasteiger partial charge in [0, 0.05) is 19.3 Å². The third-order valence-electron chi connectivity index (χ3n) is 12.0. The fourth-order valence-electron chi connectivity index (χ4n) is 7.91. The van der Waals surface area contributed by atoms with Gasteiger partial charge in [0.2, 0.25) is 0 Å². The van der Waals surface area contributed by atoms with E-state index in [0.29, 0.717) is 19.3 Å². The SMILES string of the molecule is CC\C=C/C=C\C=C/CCCCCCCCCC(=O)OC(COC(=O)CCCCCCCCCCCCC)COC(=O)CCCCCCCCCCCCCCCCCCCC. The van der Waals surface area contributed by atoms with Gasteiger partial charge in [0.25, 0.3) is 0 Å². The molecule has 6 heteroatoms. The second-order valence-corrected chi connectivity index (χ2v) is 18.2. The van der Waals surface area contributed by atoms with Gasteiger partial charge in [-0.25, -0.2) is 0 Å². The predicted molar refractivity (Wildman–Crippen MR) is 266 cm³/mol. The van der Waals surface area contributed by atoms with E-state index >= 15 is 0 Å². The zero-order chi connectivity index (χ0) is 45.1. The van der Waals surface area contributed by atoms with E-state index in [1.54, 1.807) is 0 Å². The molecule has 1 unspecified atom stereocenters. The lowest BCUT2D eigenvalue weighted by molar-refractivity contribution is -0.167. The number of esters is 3. The number of unbranched alkanes of at least 4 members (excludes halogenated alkanes) is 34. The first-order valence-electron chi connectivity index (χ1n) is 27.0. The van der Waals surface area contributed by atoms with E-state index in [1.165, 1.54) is 173 Å². The molecule has 0 radical (unpaired) electrons. The maximum absolute atomic E-state index is 12.8. The van der Waals surface area contributed by atoms with E-state index in [0.717, 1.165) is 70.6 Å². The van der Waals surface area contributed by atoms with Crippen molar-refractivity contribution in [1.29, 1.82) is 0 Å². The van der Waals surface area contributed by atoms with Gasteiger partial charge in [-0.15, -0.1) is 0 Å². The van der Waals surface area contributed by atoms with Crippen molar-refractivity contribution < 1.29 is 28.6 Å². The summed E-state index contributed by atoms with van der Waals surface area (Å²) < 4.78 is 16.8. The number of allylic oxidation sites excluding steroid dienone is 6. The van der Waals surface area contributed by atoms with Gasteiger partial charge in [-0.1, -0.05) is 263 Å².